The lowest BCUT2D eigenvalue weighted by Gasteiger charge is -2.14. The fourth-order valence-electron chi connectivity index (χ4n) is 2.74. The van der Waals surface area contributed by atoms with Gasteiger partial charge < -0.3 is 10.6 Å². The van der Waals surface area contributed by atoms with Gasteiger partial charge in [-0.1, -0.05) is 18.2 Å². The van der Waals surface area contributed by atoms with Crippen LogP contribution in [0.15, 0.2) is 77.7 Å². The molecule has 32 heavy (non-hydrogen) atoms. The number of alkyl halides is 3. The number of nitrogens with one attached hydrogen (secondary N) is 2. The molecule has 0 saturated carbocycles. The van der Waals surface area contributed by atoms with E-state index in [1.54, 1.807) is 37.3 Å². The smallest absolute Gasteiger partial charge is 0.325 e. The highest BCUT2D eigenvalue weighted by atomic mass is 32.2. The molecule has 0 saturated heterocycles. The molecule has 3 rings (SSSR count). The summed E-state index contributed by atoms with van der Waals surface area (Å²) in [5.41, 5.74) is -0.415. The van der Waals surface area contributed by atoms with Crippen LogP contribution >= 0.6 is 11.8 Å². The monoisotopic (exact) mass is 462 g/mol. The van der Waals surface area contributed by atoms with Crippen molar-refractivity contribution in [1.29, 1.82) is 0 Å². The molecule has 4 nitrogen and oxygen atoms in total. The minimum Gasteiger partial charge on any atom is -0.325 e. The molecule has 0 spiro atoms. The SMILES string of the molecule is CC(Sc1ccc(NC(=O)c2ccccc2F)cc1)C(=O)Nc1cccc(C(F)(F)F)c1. The van der Waals surface area contributed by atoms with Crippen molar-refractivity contribution in [2.45, 2.75) is 23.2 Å². The second-order valence-corrected chi connectivity index (χ2v) is 8.20. The van der Waals surface area contributed by atoms with Crippen LogP contribution in [0.25, 0.3) is 0 Å². The molecule has 0 aromatic heterocycles. The Bertz CT molecular complexity index is 1120. The van der Waals surface area contributed by atoms with Gasteiger partial charge in [-0.05, 0) is 61.5 Å². The van der Waals surface area contributed by atoms with Crippen molar-refractivity contribution < 1.29 is 27.2 Å². The Hall–Kier alpha value is -3.33. The van der Waals surface area contributed by atoms with Crippen molar-refractivity contribution in [1.82, 2.24) is 0 Å². The topological polar surface area (TPSA) is 58.2 Å². The Morgan fingerprint density at radius 2 is 1.56 bits per heavy atom. The predicted molar refractivity (Wildman–Crippen MR) is 116 cm³/mol. The molecule has 0 aliphatic heterocycles. The second-order valence-electron chi connectivity index (χ2n) is 6.79. The Kier molecular flexibility index (Phi) is 7.19. The summed E-state index contributed by atoms with van der Waals surface area (Å²) >= 11 is 1.20. The van der Waals surface area contributed by atoms with E-state index in [2.05, 4.69) is 10.6 Å². The molecule has 166 valence electrons. The number of carbonyl (C=O) groups is 2. The molecule has 0 aliphatic carbocycles. The summed E-state index contributed by atoms with van der Waals surface area (Å²) in [5, 5.41) is 4.48. The molecular weight excluding hydrogens is 444 g/mol. The van der Waals surface area contributed by atoms with Crippen molar-refractivity contribution in [3.63, 3.8) is 0 Å². The molecule has 1 atom stereocenters. The van der Waals surface area contributed by atoms with Gasteiger partial charge in [0.15, 0.2) is 0 Å². The van der Waals surface area contributed by atoms with Crippen molar-refractivity contribution in [2.75, 3.05) is 10.6 Å². The first-order chi connectivity index (χ1) is 15.1. The summed E-state index contributed by atoms with van der Waals surface area (Å²) in [4.78, 5) is 25.2. The summed E-state index contributed by atoms with van der Waals surface area (Å²) in [6, 6.07) is 16.6. The molecular formula is C23H18F4N2O2S. The second kappa shape index (κ2) is 9.86. The van der Waals surface area contributed by atoms with Crippen LogP contribution in [0.4, 0.5) is 28.9 Å². The van der Waals surface area contributed by atoms with E-state index in [4.69, 9.17) is 0 Å². The van der Waals surface area contributed by atoms with Crippen molar-refractivity contribution in [3.05, 3.63) is 89.7 Å². The van der Waals surface area contributed by atoms with Crippen LogP contribution < -0.4 is 10.6 Å². The Morgan fingerprint density at radius 1 is 0.875 bits per heavy atom. The summed E-state index contributed by atoms with van der Waals surface area (Å²) in [7, 11) is 0. The molecule has 3 aromatic carbocycles. The lowest BCUT2D eigenvalue weighted by atomic mass is 10.2. The molecule has 3 aromatic rings. The van der Waals surface area contributed by atoms with E-state index in [0.717, 1.165) is 12.1 Å². The minimum absolute atomic E-state index is 0.0588. The lowest BCUT2D eigenvalue weighted by molar-refractivity contribution is -0.137. The third-order valence-electron chi connectivity index (χ3n) is 4.37. The van der Waals surface area contributed by atoms with Crippen LogP contribution in [0.5, 0.6) is 0 Å². The maximum atomic E-state index is 13.7. The molecule has 1 unspecified atom stereocenters. The van der Waals surface area contributed by atoms with E-state index in [9.17, 15) is 27.2 Å². The van der Waals surface area contributed by atoms with Gasteiger partial charge >= 0.3 is 6.18 Å². The number of hydrogen-bond acceptors (Lipinski definition) is 3. The highest BCUT2D eigenvalue weighted by Crippen LogP contribution is 2.31. The number of benzene rings is 3. The first-order valence-corrected chi connectivity index (χ1v) is 10.3. The van der Waals surface area contributed by atoms with Gasteiger partial charge in [0.2, 0.25) is 5.91 Å². The first-order valence-electron chi connectivity index (χ1n) is 9.44. The van der Waals surface area contributed by atoms with Crippen molar-refractivity contribution in [3.8, 4) is 0 Å². The van der Waals surface area contributed by atoms with Gasteiger partial charge in [0.05, 0.1) is 16.4 Å². The molecule has 0 bridgehead atoms. The van der Waals surface area contributed by atoms with E-state index in [1.807, 2.05) is 0 Å². The van der Waals surface area contributed by atoms with Crippen molar-refractivity contribution in [2.24, 2.45) is 0 Å². The standard InChI is InChI=1S/C23H18F4N2O2S/c1-14(21(30)29-17-6-4-5-15(13-17)23(25,26)27)32-18-11-9-16(10-12-18)28-22(31)19-7-2-3-8-20(19)24/h2-14H,1H3,(H,28,31)(H,29,30). The maximum Gasteiger partial charge on any atom is 0.416 e. The van der Waals surface area contributed by atoms with Crippen LogP contribution in [0.1, 0.15) is 22.8 Å². The number of halogens is 4. The van der Waals surface area contributed by atoms with E-state index >= 15 is 0 Å². The molecule has 9 heteroatoms. The average molecular weight is 462 g/mol. The Balaban J connectivity index is 1.58. The van der Waals surface area contributed by atoms with Gasteiger partial charge in [0.1, 0.15) is 5.82 Å². The largest absolute Gasteiger partial charge is 0.416 e. The van der Waals surface area contributed by atoms with E-state index < -0.39 is 34.6 Å². The fourth-order valence-corrected chi connectivity index (χ4v) is 3.60. The van der Waals surface area contributed by atoms with Gasteiger partial charge in [-0.15, -0.1) is 11.8 Å². The Morgan fingerprint density at radius 3 is 2.22 bits per heavy atom. The predicted octanol–water partition coefficient (Wildman–Crippen LogP) is 6.22. The summed E-state index contributed by atoms with van der Waals surface area (Å²) in [6.45, 7) is 1.63. The molecule has 2 N–H and O–H groups in total. The highest BCUT2D eigenvalue weighted by Gasteiger charge is 2.30. The number of anilines is 2. The van der Waals surface area contributed by atoms with Crippen LogP contribution in [0.2, 0.25) is 0 Å². The van der Waals surface area contributed by atoms with Gasteiger partial charge in [0, 0.05) is 16.3 Å². The minimum atomic E-state index is -4.50. The van der Waals surface area contributed by atoms with E-state index in [-0.39, 0.29) is 11.3 Å². The van der Waals surface area contributed by atoms with Gasteiger partial charge in [-0.3, -0.25) is 9.59 Å². The molecule has 0 aliphatic rings. The fraction of sp³-hybridized carbons (Fsp3) is 0.130. The maximum absolute atomic E-state index is 13.7. The quantitative estimate of drug-likeness (QED) is 0.338. The molecule has 0 fully saturated rings. The van der Waals surface area contributed by atoms with Crippen molar-refractivity contribution >= 4 is 35.0 Å². The number of rotatable bonds is 6. The number of thioether (sulfide) groups is 1. The number of hydrogen-bond donors (Lipinski definition) is 2. The zero-order chi connectivity index (χ0) is 23.3. The average Bonchev–Trinajstić information content (AvgIpc) is 2.75. The van der Waals surface area contributed by atoms with Crippen LogP contribution in [0.3, 0.4) is 0 Å². The van der Waals surface area contributed by atoms with Crippen LogP contribution in [-0.4, -0.2) is 17.1 Å². The Labute approximate surface area is 186 Å². The summed E-state index contributed by atoms with van der Waals surface area (Å²) in [5.74, 6) is -1.67. The number of amides is 2. The zero-order valence-corrected chi connectivity index (χ0v) is 17.6. The van der Waals surface area contributed by atoms with Gasteiger partial charge in [0.25, 0.3) is 5.91 Å². The third-order valence-corrected chi connectivity index (χ3v) is 5.48. The normalized spacial score (nSPS) is 12.2. The van der Waals surface area contributed by atoms with Crippen LogP contribution in [-0.2, 0) is 11.0 Å². The number of carbonyl (C=O) groups excluding carboxylic acids is 2. The van der Waals surface area contributed by atoms with Gasteiger partial charge in [-0.25, -0.2) is 4.39 Å². The molecule has 0 heterocycles. The highest BCUT2D eigenvalue weighted by molar-refractivity contribution is 8.00. The molecule has 0 radical (unpaired) electrons. The summed E-state index contributed by atoms with van der Waals surface area (Å²) in [6.07, 6.45) is -4.50. The first kappa shape index (κ1) is 23.3. The summed E-state index contributed by atoms with van der Waals surface area (Å²) < 4.78 is 52.2. The van der Waals surface area contributed by atoms with E-state index in [0.29, 0.717) is 10.6 Å². The lowest BCUT2D eigenvalue weighted by Crippen LogP contribution is -2.22. The van der Waals surface area contributed by atoms with Crippen LogP contribution in [0, 0.1) is 5.82 Å². The third kappa shape index (κ3) is 6.10. The zero-order valence-electron chi connectivity index (χ0n) is 16.7. The van der Waals surface area contributed by atoms with E-state index in [1.165, 1.54) is 42.1 Å². The molecule has 2 amide bonds. The van der Waals surface area contributed by atoms with Gasteiger partial charge in [-0.2, -0.15) is 13.2 Å².